The first-order valence-electron chi connectivity index (χ1n) is 3.99. The van der Waals surface area contributed by atoms with Crippen LogP contribution in [-0.2, 0) is 9.53 Å². The Kier molecular flexibility index (Phi) is 4.66. The molecule has 0 amide bonds. The lowest BCUT2D eigenvalue weighted by atomic mass is 9.94. The molecule has 4 heteroatoms. The summed E-state index contributed by atoms with van der Waals surface area (Å²) < 4.78 is 4.79. The van der Waals surface area contributed by atoms with Crippen LogP contribution >= 0.6 is 0 Å². The fraction of sp³-hybridized carbons (Fsp3) is 0.667. The third kappa shape index (κ3) is 4.05. The van der Waals surface area contributed by atoms with Gasteiger partial charge in [0.1, 0.15) is 6.61 Å². The maximum absolute atomic E-state index is 10.9. The van der Waals surface area contributed by atoms with Gasteiger partial charge in [0.2, 0.25) is 0 Å². The monoisotopic (exact) mass is 188 g/mol. The fourth-order valence-corrected chi connectivity index (χ4v) is 0.504. The first kappa shape index (κ1) is 12.1. The van der Waals surface area contributed by atoms with Crippen molar-refractivity contribution >= 4 is 5.97 Å². The molecule has 13 heavy (non-hydrogen) atoms. The van der Waals surface area contributed by atoms with Crippen LogP contribution in [0.3, 0.4) is 0 Å². The second-order valence-electron chi connectivity index (χ2n) is 3.48. The van der Waals surface area contributed by atoms with E-state index in [-0.39, 0.29) is 19.8 Å². The molecule has 0 aliphatic rings. The van der Waals surface area contributed by atoms with Gasteiger partial charge in [0, 0.05) is 11.0 Å². The van der Waals surface area contributed by atoms with E-state index in [9.17, 15) is 4.79 Å². The van der Waals surface area contributed by atoms with Crippen LogP contribution in [0.25, 0.3) is 0 Å². The lowest BCUT2D eigenvalue weighted by Crippen LogP contribution is -2.32. The Morgan fingerprint density at radius 1 is 1.46 bits per heavy atom. The number of hydrogen-bond donors (Lipinski definition) is 2. The van der Waals surface area contributed by atoms with Crippen molar-refractivity contribution in [2.45, 2.75) is 13.8 Å². The molecule has 0 rings (SSSR count). The molecule has 0 unspecified atom stereocenters. The molecule has 0 aromatic rings. The van der Waals surface area contributed by atoms with E-state index in [0.29, 0.717) is 5.57 Å². The van der Waals surface area contributed by atoms with Crippen LogP contribution in [0.15, 0.2) is 12.2 Å². The Labute approximate surface area is 77.8 Å². The van der Waals surface area contributed by atoms with Crippen molar-refractivity contribution in [1.82, 2.24) is 0 Å². The molecule has 0 atom stereocenters. The molecular formula is C9H16O4. The Morgan fingerprint density at radius 2 is 1.92 bits per heavy atom. The lowest BCUT2D eigenvalue weighted by molar-refractivity contribution is -0.144. The van der Waals surface area contributed by atoms with Gasteiger partial charge in [0.05, 0.1) is 13.2 Å². The molecule has 76 valence electrons. The van der Waals surface area contributed by atoms with Crippen LogP contribution < -0.4 is 0 Å². The summed E-state index contributed by atoms with van der Waals surface area (Å²) in [5, 5.41) is 17.7. The smallest absolute Gasteiger partial charge is 0.333 e. The Balaban J connectivity index is 4.00. The number of aliphatic hydroxyl groups is 2. The number of aliphatic hydroxyl groups excluding tert-OH is 2. The number of carbonyl (C=O) groups excluding carboxylic acids is 1. The van der Waals surface area contributed by atoms with E-state index in [4.69, 9.17) is 14.9 Å². The minimum absolute atomic E-state index is 0.00824. The predicted octanol–water partition coefficient (Wildman–Crippen LogP) is 0.0966. The van der Waals surface area contributed by atoms with Gasteiger partial charge in [-0.25, -0.2) is 4.79 Å². The van der Waals surface area contributed by atoms with Gasteiger partial charge in [-0.3, -0.25) is 0 Å². The van der Waals surface area contributed by atoms with E-state index >= 15 is 0 Å². The Hall–Kier alpha value is -0.870. The Morgan fingerprint density at radius 3 is 2.23 bits per heavy atom. The third-order valence-electron chi connectivity index (χ3n) is 1.66. The van der Waals surface area contributed by atoms with Crippen LogP contribution in [0.4, 0.5) is 0 Å². The average Bonchev–Trinajstić information content (AvgIpc) is 2.13. The van der Waals surface area contributed by atoms with E-state index < -0.39 is 11.4 Å². The average molecular weight is 188 g/mol. The van der Waals surface area contributed by atoms with Gasteiger partial charge in [-0.1, -0.05) is 13.5 Å². The van der Waals surface area contributed by atoms with Crippen molar-refractivity contribution in [3.8, 4) is 0 Å². The number of carbonyl (C=O) groups is 1. The minimum atomic E-state index is -0.773. The standard InChI is InChI=1S/C9H16O4/c1-7(2)8(12)13-6-9(3,4-10)5-11/h10-11H,1,4-6H2,2-3H3. The fourth-order valence-electron chi connectivity index (χ4n) is 0.504. The molecule has 0 fully saturated rings. The summed E-state index contributed by atoms with van der Waals surface area (Å²) in [6.45, 7) is 6.10. The number of hydrogen-bond acceptors (Lipinski definition) is 4. The zero-order chi connectivity index (χ0) is 10.5. The summed E-state index contributed by atoms with van der Waals surface area (Å²) in [6.07, 6.45) is 0. The van der Waals surface area contributed by atoms with Gasteiger partial charge in [-0.2, -0.15) is 0 Å². The molecule has 0 bridgehead atoms. The van der Waals surface area contributed by atoms with Gasteiger partial charge in [-0.15, -0.1) is 0 Å². The van der Waals surface area contributed by atoms with Crippen molar-refractivity contribution in [3.63, 3.8) is 0 Å². The van der Waals surface area contributed by atoms with Crippen molar-refractivity contribution in [1.29, 1.82) is 0 Å². The number of esters is 1. The molecule has 4 nitrogen and oxygen atoms in total. The van der Waals surface area contributed by atoms with Crippen LogP contribution in [0, 0.1) is 5.41 Å². The maximum Gasteiger partial charge on any atom is 0.333 e. The van der Waals surface area contributed by atoms with Gasteiger partial charge < -0.3 is 14.9 Å². The summed E-state index contributed by atoms with van der Waals surface area (Å²) in [6, 6.07) is 0. The summed E-state index contributed by atoms with van der Waals surface area (Å²) in [5.41, 5.74) is -0.469. The summed E-state index contributed by atoms with van der Waals surface area (Å²) >= 11 is 0. The van der Waals surface area contributed by atoms with Crippen LogP contribution in [0.2, 0.25) is 0 Å². The number of rotatable bonds is 5. The first-order valence-corrected chi connectivity index (χ1v) is 3.99. The second kappa shape index (κ2) is 4.99. The van der Waals surface area contributed by atoms with Crippen molar-refractivity contribution < 1.29 is 19.7 Å². The summed E-state index contributed by atoms with van der Waals surface area (Å²) in [7, 11) is 0. The summed E-state index contributed by atoms with van der Waals surface area (Å²) in [4.78, 5) is 10.9. The van der Waals surface area contributed by atoms with E-state index in [1.807, 2.05) is 0 Å². The highest BCUT2D eigenvalue weighted by Crippen LogP contribution is 2.14. The molecule has 2 N–H and O–H groups in total. The van der Waals surface area contributed by atoms with Gasteiger partial charge in [0.25, 0.3) is 0 Å². The van der Waals surface area contributed by atoms with Gasteiger partial charge in [0.15, 0.2) is 0 Å². The summed E-state index contributed by atoms with van der Waals surface area (Å²) in [5.74, 6) is -0.506. The molecule has 0 aromatic heterocycles. The molecule has 0 saturated heterocycles. The normalized spacial score (nSPS) is 11.1. The van der Waals surface area contributed by atoms with E-state index in [1.165, 1.54) is 6.92 Å². The molecule has 0 aliphatic carbocycles. The van der Waals surface area contributed by atoms with Crippen molar-refractivity contribution in [2.75, 3.05) is 19.8 Å². The van der Waals surface area contributed by atoms with Crippen LogP contribution in [0.5, 0.6) is 0 Å². The van der Waals surface area contributed by atoms with E-state index in [1.54, 1.807) is 6.92 Å². The van der Waals surface area contributed by atoms with E-state index in [0.717, 1.165) is 0 Å². The van der Waals surface area contributed by atoms with Crippen LogP contribution in [-0.4, -0.2) is 36.0 Å². The lowest BCUT2D eigenvalue weighted by Gasteiger charge is -2.23. The highest BCUT2D eigenvalue weighted by molar-refractivity contribution is 5.86. The maximum atomic E-state index is 10.9. The predicted molar refractivity (Wildman–Crippen MR) is 48.1 cm³/mol. The molecule has 0 saturated carbocycles. The van der Waals surface area contributed by atoms with Gasteiger partial charge in [-0.05, 0) is 6.92 Å². The minimum Gasteiger partial charge on any atom is -0.462 e. The highest BCUT2D eigenvalue weighted by atomic mass is 16.5. The first-order chi connectivity index (χ1) is 5.95. The Bertz CT molecular complexity index is 194. The number of ether oxygens (including phenoxy) is 1. The highest BCUT2D eigenvalue weighted by Gasteiger charge is 2.24. The van der Waals surface area contributed by atoms with Crippen molar-refractivity contribution in [3.05, 3.63) is 12.2 Å². The molecule has 0 radical (unpaired) electrons. The zero-order valence-corrected chi connectivity index (χ0v) is 8.04. The van der Waals surface area contributed by atoms with Crippen molar-refractivity contribution in [2.24, 2.45) is 5.41 Å². The molecule has 0 spiro atoms. The topological polar surface area (TPSA) is 66.8 Å². The third-order valence-corrected chi connectivity index (χ3v) is 1.66. The molecular weight excluding hydrogens is 172 g/mol. The van der Waals surface area contributed by atoms with Crippen LogP contribution in [0.1, 0.15) is 13.8 Å². The molecule has 0 aliphatic heterocycles. The SMILES string of the molecule is C=C(C)C(=O)OCC(C)(CO)CO. The quantitative estimate of drug-likeness (QED) is 0.474. The second-order valence-corrected chi connectivity index (χ2v) is 3.48. The largest absolute Gasteiger partial charge is 0.462 e. The van der Waals surface area contributed by atoms with Gasteiger partial charge >= 0.3 is 5.97 Å². The molecule has 0 aromatic carbocycles. The molecule has 0 heterocycles. The van der Waals surface area contributed by atoms with E-state index in [2.05, 4.69) is 6.58 Å². The zero-order valence-electron chi connectivity index (χ0n) is 8.04.